The molecule has 0 aliphatic carbocycles. The van der Waals surface area contributed by atoms with Crippen molar-refractivity contribution in [3.8, 4) is 11.5 Å². The summed E-state index contributed by atoms with van der Waals surface area (Å²) < 4.78 is 25.2. The predicted molar refractivity (Wildman–Crippen MR) is 103 cm³/mol. The van der Waals surface area contributed by atoms with Crippen molar-refractivity contribution in [1.29, 1.82) is 0 Å². The molecular weight excluding hydrogens is 361 g/mol. The van der Waals surface area contributed by atoms with Gasteiger partial charge in [0.25, 0.3) is 5.91 Å². The first kappa shape index (κ1) is 19.3. The van der Waals surface area contributed by atoms with Crippen LogP contribution in [0.3, 0.4) is 0 Å². The number of carbonyl (C=O) groups is 1. The Labute approximate surface area is 162 Å². The second-order valence-corrected chi connectivity index (χ2v) is 6.29. The monoisotopic (exact) mass is 381 g/mol. The second-order valence-electron chi connectivity index (χ2n) is 6.29. The molecule has 3 aromatic rings. The van der Waals surface area contributed by atoms with Gasteiger partial charge in [-0.2, -0.15) is 0 Å². The van der Waals surface area contributed by atoms with Crippen LogP contribution in [0.2, 0.25) is 0 Å². The van der Waals surface area contributed by atoms with Crippen molar-refractivity contribution in [2.75, 3.05) is 5.32 Å². The van der Waals surface area contributed by atoms with Gasteiger partial charge in [0.2, 0.25) is 0 Å². The van der Waals surface area contributed by atoms with Gasteiger partial charge < -0.3 is 14.8 Å². The van der Waals surface area contributed by atoms with E-state index < -0.39 is 0 Å². The van der Waals surface area contributed by atoms with Gasteiger partial charge >= 0.3 is 0 Å². The van der Waals surface area contributed by atoms with Gasteiger partial charge in [0, 0.05) is 23.4 Å². The molecule has 7 heteroatoms. The fourth-order valence-corrected chi connectivity index (χ4v) is 2.46. The highest BCUT2D eigenvalue weighted by molar-refractivity contribution is 6.04. The maximum Gasteiger partial charge on any atom is 0.257 e. The lowest BCUT2D eigenvalue weighted by atomic mass is 10.1. The number of nitrogens with zero attached hydrogens (tertiary/aromatic N) is 2. The summed E-state index contributed by atoms with van der Waals surface area (Å²) in [7, 11) is 0. The number of hydrogen-bond acceptors (Lipinski definition) is 5. The van der Waals surface area contributed by atoms with Gasteiger partial charge in [-0.25, -0.2) is 14.4 Å². The van der Waals surface area contributed by atoms with Crippen LogP contribution < -0.4 is 14.8 Å². The molecule has 1 N–H and O–H groups in total. The fourth-order valence-electron chi connectivity index (χ4n) is 2.46. The second kappa shape index (κ2) is 8.94. The zero-order valence-electron chi connectivity index (χ0n) is 15.6. The zero-order chi connectivity index (χ0) is 19.9. The number of aromatic nitrogens is 2. The Morgan fingerprint density at radius 2 is 1.93 bits per heavy atom. The first-order valence-corrected chi connectivity index (χ1v) is 8.76. The maximum absolute atomic E-state index is 13.8. The summed E-state index contributed by atoms with van der Waals surface area (Å²) in [6.45, 7) is 3.80. The lowest BCUT2D eigenvalue weighted by Crippen LogP contribution is -2.14. The van der Waals surface area contributed by atoms with Crippen molar-refractivity contribution in [2.45, 2.75) is 26.6 Å². The van der Waals surface area contributed by atoms with Crippen molar-refractivity contribution in [3.05, 3.63) is 78.0 Å². The fraction of sp³-hybridized carbons (Fsp3) is 0.190. The quantitative estimate of drug-likeness (QED) is 0.663. The maximum atomic E-state index is 13.8. The number of carbonyl (C=O) groups excluding carboxylic acids is 1. The Hall–Kier alpha value is -3.48. The number of amides is 1. The third kappa shape index (κ3) is 5.26. The molecule has 0 unspecified atom stereocenters. The molecule has 0 atom stereocenters. The topological polar surface area (TPSA) is 73.3 Å². The molecule has 1 heterocycles. The smallest absolute Gasteiger partial charge is 0.257 e. The number of benzene rings is 2. The molecule has 0 aliphatic heterocycles. The molecule has 28 heavy (non-hydrogen) atoms. The molecule has 144 valence electrons. The van der Waals surface area contributed by atoms with E-state index in [9.17, 15) is 9.18 Å². The molecule has 0 aliphatic rings. The predicted octanol–water partition coefficient (Wildman–Crippen LogP) is 4.23. The minimum Gasteiger partial charge on any atom is -0.491 e. The van der Waals surface area contributed by atoms with Gasteiger partial charge in [0.1, 0.15) is 36.1 Å². The molecule has 0 fully saturated rings. The van der Waals surface area contributed by atoms with Gasteiger partial charge in [-0.15, -0.1) is 0 Å². The van der Waals surface area contributed by atoms with Gasteiger partial charge in [-0.3, -0.25) is 4.79 Å². The highest BCUT2D eigenvalue weighted by atomic mass is 19.1. The molecule has 6 nitrogen and oxygen atoms in total. The normalized spacial score (nSPS) is 10.6. The minimum absolute atomic E-state index is 0.0325. The Morgan fingerprint density at radius 1 is 1.14 bits per heavy atom. The Kier molecular flexibility index (Phi) is 6.16. The molecule has 0 saturated carbocycles. The van der Waals surface area contributed by atoms with E-state index in [4.69, 9.17) is 9.47 Å². The van der Waals surface area contributed by atoms with Crippen LogP contribution in [0.4, 0.5) is 10.2 Å². The van der Waals surface area contributed by atoms with Crippen molar-refractivity contribution in [1.82, 2.24) is 9.97 Å². The van der Waals surface area contributed by atoms with Crippen LogP contribution in [0.15, 0.2) is 61.1 Å². The van der Waals surface area contributed by atoms with E-state index >= 15 is 0 Å². The van der Waals surface area contributed by atoms with Crippen LogP contribution >= 0.6 is 0 Å². The van der Waals surface area contributed by atoms with Crippen LogP contribution in [0, 0.1) is 5.82 Å². The molecular formula is C21H20FN3O3. The molecule has 0 bridgehead atoms. The molecule has 0 saturated heterocycles. The van der Waals surface area contributed by atoms with Crippen molar-refractivity contribution in [2.24, 2.45) is 0 Å². The van der Waals surface area contributed by atoms with E-state index in [2.05, 4.69) is 15.3 Å². The standard InChI is InChI=1S/C21H20FN3O3/c1-14(2)28-18-10-16(21(26)25-20-7-8-23-13-24-20)9-17(11-18)27-12-15-5-3-4-6-19(15)22/h3-11,13-14H,12H2,1-2H3,(H,23,24,25,26). The Morgan fingerprint density at radius 3 is 2.64 bits per heavy atom. The van der Waals surface area contributed by atoms with Gasteiger partial charge in [0.05, 0.1) is 6.10 Å². The zero-order valence-corrected chi connectivity index (χ0v) is 15.6. The number of rotatable bonds is 7. The summed E-state index contributed by atoms with van der Waals surface area (Å²) in [5.41, 5.74) is 0.755. The van der Waals surface area contributed by atoms with Crippen molar-refractivity contribution in [3.63, 3.8) is 0 Å². The number of anilines is 1. The van der Waals surface area contributed by atoms with E-state index in [0.29, 0.717) is 28.4 Å². The molecule has 1 aromatic heterocycles. The first-order valence-electron chi connectivity index (χ1n) is 8.76. The van der Waals surface area contributed by atoms with E-state index in [0.717, 1.165) is 0 Å². The minimum atomic E-state index is -0.372. The van der Waals surface area contributed by atoms with Crippen LogP contribution in [0.1, 0.15) is 29.8 Å². The van der Waals surface area contributed by atoms with Crippen molar-refractivity contribution < 1.29 is 18.7 Å². The third-order valence-electron chi connectivity index (χ3n) is 3.69. The van der Waals surface area contributed by atoms with E-state index in [1.54, 1.807) is 42.5 Å². The summed E-state index contributed by atoms with van der Waals surface area (Å²) in [6, 6.07) is 12.8. The molecule has 2 aromatic carbocycles. The summed E-state index contributed by atoms with van der Waals surface area (Å²) in [4.78, 5) is 20.4. The lowest BCUT2D eigenvalue weighted by molar-refractivity contribution is 0.102. The van der Waals surface area contributed by atoms with Gasteiger partial charge in [-0.05, 0) is 38.1 Å². The third-order valence-corrected chi connectivity index (χ3v) is 3.69. The van der Waals surface area contributed by atoms with Crippen LogP contribution in [-0.4, -0.2) is 22.0 Å². The molecule has 3 rings (SSSR count). The number of hydrogen-bond donors (Lipinski definition) is 1. The van der Waals surface area contributed by atoms with Crippen LogP contribution in [0.5, 0.6) is 11.5 Å². The number of ether oxygens (including phenoxy) is 2. The molecule has 1 amide bonds. The highest BCUT2D eigenvalue weighted by Crippen LogP contribution is 2.25. The SMILES string of the molecule is CC(C)Oc1cc(OCc2ccccc2F)cc(C(=O)Nc2ccncn2)c1. The summed E-state index contributed by atoms with van der Waals surface area (Å²) in [6.07, 6.45) is 2.79. The van der Waals surface area contributed by atoms with Crippen LogP contribution in [0.25, 0.3) is 0 Å². The van der Waals surface area contributed by atoms with E-state index in [1.807, 2.05) is 13.8 Å². The summed E-state index contributed by atoms with van der Waals surface area (Å²) >= 11 is 0. The Balaban J connectivity index is 1.82. The summed E-state index contributed by atoms with van der Waals surface area (Å²) in [5, 5.41) is 2.69. The van der Waals surface area contributed by atoms with Gasteiger partial charge in [0.15, 0.2) is 0 Å². The number of nitrogens with one attached hydrogen (secondary N) is 1. The molecule has 0 radical (unpaired) electrons. The largest absolute Gasteiger partial charge is 0.491 e. The lowest BCUT2D eigenvalue weighted by Gasteiger charge is -2.14. The Bertz CT molecular complexity index is 949. The van der Waals surface area contributed by atoms with Crippen molar-refractivity contribution >= 4 is 11.7 Å². The highest BCUT2D eigenvalue weighted by Gasteiger charge is 2.13. The number of halogens is 1. The average molecular weight is 381 g/mol. The van der Waals surface area contributed by atoms with E-state index in [-0.39, 0.29) is 24.4 Å². The van der Waals surface area contributed by atoms with Crippen LogP contribution in [-0.2, 0) is 6.61 Å². The van der Waals surface area contributed by atoms with E-state index in [1.165, 1.54) is 18.6 Å². The average Bonchev–Trinajstić information content (AvgIpc) is 2.67. The summed E-state index contributed by atoms with van der Waals surface area (Å²) in [5.74, 6) is 0.537. The molecule has 0 spiro atoms. The first-order chi connectivity index (χ1) is 13.5. The van der Waals surface area contributed by atoms with Gasteiger partial charge in [-0.1, -0.05) is 18.2 Å².